The Hall–Kier alpha value is -4.41. The summed E-state index contributed by atoms with van der Waals surface area (Å²) in [6.45, 7) is 6.94. The number of carbonyl (C=O) groups is 2. The van der Waals surface area contributed by atoms with Crippen molar-refractivity contribution in [2.75, 3.05) is 48.0 Å². The van der Waals surface area contributed by atoms with Crippen LogP contribution in [0.4, 0.5) is 22.2 Å². The van der Waals surface area contributed by atoms with E-state index in [-0.39, 0.29) is 18.6 Å². The Morgan fingerprint density at radius 1 is 1.02 bits per heavy atom. The lowest BCUT2D eigenvalue weighted by atomic mass is 10.1. The number of hydrogen-bond acceptors (Lipinski definition) is 8. The van der Waals surface area contributed by atoms with Crippen LogP contribution in [0.1, 0.15) is 24.2 Å². The van der Waals surface area contributed by atoms with Gasteiger partial charge < -0.3 is 29.7 Å². The summed E-state index contributed by atoms with van der Waals surface area (Å²) in [5, 5.41) is 14.6. The number of carbonyl (C=O) groups excluding carboxylic acids is 1. The molecule has 0 atom stereocenters. The highest BCUT2D eigenvalue weighted by atomic mass is 32.1. The minimum atomic E-state index is -1.02. The number of carboxylic acid groups (broad SMARTS) is 1. The molecule has 41 heavy (non-hydrogen) atoms. The largest absolute Gasteiger partial charge is 0.482 e. The molecule has 0 bridgehead atoms. The summed E-state index contributed by atoms with van der Waals surface area (Å²) in [7, 11) is 0. The lowest BCUT2D eigenvalue weighted by Crippen LogP contribution is -2.36. The van der Waals surface area contributed by atoms with Gasteiger partial charge in [-0.1, -0.05) is 12.1 Å². The second kappa shape index (κ2) is 12.8. The second-order valence-electron chi connectivity index (χ2n) is 9.83. The third-order valence-corrected chi connectivity index (χ3v) is 7.48. The molecule has 1 aliphatic rings. The average Bonchev–Trinajstić information content (AvgIpc) is 3.47. The summed E-state index contributed by atoms with van der Waals surface area (Å²) in [5.41, 5.74) is 5.12. The van der Waals surface area contributed by atoms with Crippen molar-refractivity contribution in [2.45, 2.75) is 19.9 Å². The lowest BCUT2D eigenvalue weighted by molar-refractivity contribution is -0.139. The smallest absolute Gasteiger partial charge is 0.341 e. The van der Waals surface area contributed by atoms with Crippen LogP contribution in [0.25, 0.3) is 11.3 Å². The maximum absolute atomic E-state index is 12.8. The van der Waals surface area contributed by atoms with Crippen molar-refractivity contribution in [3.8, 4) is 17.0 Å². The maximum Gasteiger partial charge on any atom is 0.341 e. The molecule has 1 saturated heterocycles. The fourth-order valence-electron chi connectivity index (χ4n) is 4.56. The number of thiazole rings is 1. The van der Waals surface area contributed by atoms with Crippen LogP contribution in [0.5, 0.6) is 5.75 Å². The highest BCUT2D eigenvalue weighted by Crippen LogP contribution is 2.35. The number of benzene rings is 3. The van der Waals surface area contributed by atoms with E-state index in [2.05, 4.69) is 29.0 Å². The SMILES string of the molecule is CC(C)N(c1ccc(OCC(=O)O)cc1)c1nc(-c2ccc(NC(=O)c3ccc(N4CCOCC4)cc3)cc2)cs1. The number of anilines is 4. The normalized spacial score (nSPS) is 13.2. The summed E-state index contributed by atoms with van der Waals surface area (Å²) in [5.74, 6) is -0.677. The monoisotopic (exact) mass is 572 g/mol. The molecule has 10 heteroatoms. The molecule has 1 amide bonds. The van der Waals surface area contributed by atoms with E-state index >= 15 is 0 Å². The van der Waals surface area contributed by atoms with E-state index in [9.17, 15) is 9.59 Å². The zero-order valence-electron chi connectivity index (χ0n) is 22.9. The number of morpholine rings is 1. The summed E-state index contributed by atoms with van der Waals surface area (Å²) in [6, 6.07) is 22.8. The van der Waals surface area contributed by atoms with Gasteiger partial charge in [0, 0.05) is 52.7 Å². The number of ether oxygens (including phenoxy) is 2. The minimum absolute atomic E-state index is 0.139. The Balaban J connectivity index is 1.23. The first-order valence-corrected chi connectivity index (χ1v) is 14.3. The molecule has 3 aromatic carbocycles. The van der Waals surface area contributed by atoms with Gasteiger partial charge in [0.05, 0.1) is 18.9 Å². The van der Waals surface area contributed by atoms with Crippen LogP contribution < -0.4 is 19.9 Å². The number of aromatic nitrogens is 1. The molecule has 212 valence electrons. The second-order valence-corrected chi connectivity index (χ2v) is 10.7. The molecule has 9 nitrogen and oxygen atoms in total. The summed E-state index contributed by atoms with van der Waals surface area (Å²) in [4.78, 5) is 32.8. The molecule has 0 aliphatic carbocycles. The van der Waals surface area contributed by atoms with Crippen LogP contribution in [0.2, 0.25) is 0 Å². The Morgan fingerprint density at radius 3 is 2.34 bits per heavy atom. The first-order chi connectivity index (χ1) is 19.9. The van der Waals surface area contributed by atoms with Gasteiger partial charge in [0.25, 0.3) is 5.91 Å². The van der Waals surface area contributed by atoms with Gasteiger partial charge in [0.1, 0.15) is 5.75 Å². The van der Waals surface area contributed by atoms with Crippen LogP contribution in [-0.4, -0.2) is 60.9 Å². The molecule has 1 aromatic heterocycles. The molecule has 5 rings (SSSR count). The van der Waals surface area contributed by atoms with E-state index in [0.717, 1.165) is 54.1 Å². The van der Waals surface area contributed by atoms with E-state index in [0.29, 0.717) is 17.0 Å². The van der Waals surface area contributed by atoms with Gasteiger partial charge in [-0.05, 0) is 74.5 Å². The third-order valence-electron chi connectivity index (χ3n) is 6.64. The van der Waals surface area contributed by atoms with Gasteiger partial charge in [0.2, 0.25) is 0 Å². The summed E-state index contributed by atoms with van der Waals surface area (Å²) >= 11 is 1.54. The molecular formula is C31H32N4O5S. The van der Waals surface area contributed by atoms with Crippen LogP contribution in [0.15, 0.2) is 78.2 Å². The number of carboxylic acids is 1. The number of rotatable bonds is 10. The Kier molecular flexibility index (Phi) is 8.81. The first kappa shape index (κ1) is 28.1. The highest BCUT2D eigenvalue weighted by molar-refractivity contribution is 7.14. The van der Waals surface area contributed by atoms with Crippen molar-refractivity contribution >= 4 is 45.4 Å². The standard InChI is InChI=1S/C31H32N4O5S/c1-21(2)35(26-11-13-27(14-12-26)40-19-29(36)37)31-33-28(20-41-31)22-3-7-24(8-4-22)32-30(38)23-5-9-25(10-6-23)34-15-17-39-18-16-34/h3-14,20-21H,15-19H2,1-2H3,(H,32,38)(H,36,37). The van der Waals surface area contributed by atoms with E-state index in [1.807, 2.05) is 66.0 Å². The van der Waals surface area contributed by atoms with Crippen molar-refractivity contribution in [1.82, 2.24) is 4.98 Å². The van der Waals surface area contributed by atoms with E-state index in [4.69, 9.17) is 19.6 Å². The van der Waals surface area contributed by atoms with Crippen molar-refractivity contribution in [2.24, 2.45) is 0 Å². The van der Waals surface area contributed by atoms with Gasteiger partial charge in [-0.3, -0.25) is 4.79 Å². The van der Waals surface area contributed by atoms with Crippen LogP contribution >= 0.6 is 11.3 Å². The summed E-state index contributed by atoms with van der Waals surface area (Å²) in [6.07, 6.45) is 0. The molecule has 0 unspecified atom stereocenters. The Labute approximate surface area is 243 Å². The van der Waals surface area contributed by atoms with Crippen molar-refractivity contribution < 1.29 is 24.2 Å². The highest BCUT2D eigenvalue weighted by Gasteiger charge is 2.18. The number of amides is 1. The number of hydrogen-bond donors (Lipinski definition) is 2. The van der Waals surface area contributed by atoms with Crippen molar-refractivity contribution in [3.63, 3.8) is 0 Å². The van der Waals surface area contributed by atoms with E-state index in [1.54, 1.807) is 23.5 Å². The van der Waals surface area contributed by atoms with Gasteiger partial charge in [-0.25, -0.2) is 9.78 Å². The fraction of sp³-hybridized carbons (Fsp3) is 0.258. The predicted molar refractivity (Wildman–Crippen MR) is 162 cm³/mol. The van der Waals surface area contributed by atoms with E-state index < -0.39 is 5.97 Å². The quantitative estimate of drug-likeness (QED) is 0.242. The zero-order chi connectivity index (χ0) is 28.8. The molecule has 2 heterocycles. The lowest BCUT2D eigenvalue weighted by Gasteiger charge is -2.28. The summed E-state index contributed by atoms with van der Waals surface area (Å²) < 4.78 is 10.7. The van der Waals surface area contributed by atoms with Crippen LogP contribution in [-0.2, 0) is 9.53 Å². The van der Waals surface area contributed by atoms with E-state index in [1.165, 1.54) is 0 Å². The van der Waals surface area contributed by atoms with Gasteiger partial charge in [-0.2, -0.15) is 0 Å². The molecule has 1 aliphatic heterocycles. The number of nitrogens with one attached hydrogen (secondary N) is 1. The minimum Gasteiger partial charge on any atom is -0.482 e. The predicted octanol–water partition coefficient (Wildman–Crippen LogP) is 5.91. The Bertz CT molecular complexity index is 1460. The molecule has 2 N–H and O–H groups in total. The van der Waals surface area contributed by atoms with Gasteiger partial charge >= 0.3 is 5.97 Å². The van der Waals surface area contributed by atoms with Gasteiger partial charge in [0.15, 0.2) is 11.7 Å². The number of aliphatic carboxylic acids is 1. The topological polar surface area (TPSA) is 104 Å². The molecule has 0 radical (unpaired) electrons. The van der Waals surface area contributed by atoms with Gasteiger partial charge in [-0.15, -0.1) is 11.3 Å². The number of nitrogens with zero attached hydrogens (tertiary/aromatic N) is 3. The van der Waals surface area contributed by atoms with Crippen LogP contribution in [0, 0.1) is 0 Å². The van der Waals surface area contributed by atoms with Crippen molar-refractivity contribution in [3.05, 3.63) is 83.7 Å². The Morgan fingerprint density at radius 2 is 1.71 bits per heavy atom. The molecule has 1 fully saturated rings. The molecule has 0 spiro atoms. The molecule has 0 saturated carbocycles. The van der Waals surface area contributed by atoms with Crippen LogP contribution in [0.3, 0.4) is 0 Å². The third kappa shape index (κ3) is 7.03. The zero-order valence-corrected chi connectivity index (χ0v) is 23.8. The average molecular weight is 573 g/mol. The first-order valence-electron chi connectivity index (χ1n) is 13.4. The van der Waals surface area contributed by atoms with Crippen molar-refractivity contribution in [1.29, 1.82) is 0 Å². The molecular weight excluding hydrogens is 540 g/mol. The molecule has 4 aromatic rings. The fourth-order valence-corrected chi connectivity index (χ4v) is 5.54. The maximum atomic E-state index is 12.8.